The van der Waals surface area contributed by atoms with E-state index in [1.807, 2.05) is 12.1 Å². The highest BCUT2D eigenvalue weighted by atomic mass is 19.1. The molecule has 1 aliphatic rings. The predicted molar refractivity (Wildman–Crippen MR) is 120 cm³/mol. The molecule has 0 atom stereocenters. The second-order valence-electron chi connectivity index (χ2n) is 7.90. The molecule has 1 fully saturated rings. The zero-order valence-corrected chi connectivity index (χ0v) is 17.1. The van der Waals surface area contributed by atoms with Crippen LogP contribution in [0.5, 0.6) is 0 Å². The molecule has 4 aromatic rings. The molecule has 2 aromatic carbocycles. The molecule has 0 aliphatic carbocycles. The maximum atomic E-state index is 14.3. The molecule has 2 aromatic heterocycles. The van der Waals surface area contributed by atoms with Gasteiger partial charge in [0, 0.05) is 13.1 Å². The first-order valence-corrected chi connectivity index (χ1v) is 10.5. The van der Waals surface area contributed by atoms with Crippen LogP contribution in [0.3, 0.4) is 0 Å². The number of benzene rings is 2. The first-order chi connectivity index (χ1) is 15.1. The number of halogens is 1. The molecule has 1 aliphatic heterocycles. The van der Waals surface area contributed by atoms with E-state index in [1.165, 1.54) is 17.7 Å². The molecular weight excluding hydrogens is 397 g/mol. The van der Waals surface area contributed by atoms with Gasteiger partial charge < -0.3 is 20.4 Å². The van der Waals surface area contributed by atoms with Gasteiger partial charge in [0.15, 0.2) is 0 Å². The largest absolute Gasteiger partial charge is 0.397 e. The van der Waals surface area contributed by atoms with Crippen molar-refractivity contribution in [2.24, 2.45) is 0 Å². The van der Waals surface area contributed by atoms with E-state index in [9.17, 15) is 9.18 Å². The summed E-state index contributed by atoms with van der Waals surface area (Å²) >= 11 is 0. The summed E-state index contributed by atoms with van der Waals surface area (Å²) in [5, 5.41) is 0.196. The van der Waals surface area contributed by atoms with E-state index in [0.29, 0.717) is 11.3 Å². The van der Waals surface area contributed by atoms with Crippen LogP contribution in [-0.4, -0.2) is 52.7 Å². The summed E-state index contributed by atoms with van der Waals surface area (Å²) in [6.07, 6.45) is 2.00. The van der Waals surface area contributed by atoms with E-state index in [0.717, 1.165) is 56.7 Å². The Kier molecular flexibility index (Phi) is 5.17. The number of fused-ring (bicyclic) bond motifs is 2. The topological polar surface area (TPSA) is 100 Å². The lowest BCUT2D eigenvalue weighted by Crippen LogP contribution is -2.36. The van der Waals surface area contributed by atoms with Gasteiger partial charge >= 0.3 is 0 Å². The maximum Gasteiger partial charge on any atom is 0.261 e. The Bertz CT molecular complexity index is 1310. The molecule has 0 bridgehead atoms. The number of aryl methyl sites for hydroxylation is 1. The van der Waals surface area contributed by atoms with Crippen molar-refractivity contribution in [3.8, 4) is 11.4 Å². The van der Waals surface area contributed by atoms with Crippen LogP contribution in [0.2, 0.25) is 0 Å². The van der Waals surface area contributed by atoms with Gasteiger partial charge in [-0.15, -0.1) is 0 Å². The van der Waals surface area contributed by atoms with Gasteiger partial charge in [0.2, 0.25) is 0 Å². The zero-order valence-electron chi connectivity index (χ0n) is 17.1. The van der Waals surface area contributed by atoms with Crippen molar-refractivity contribution < 1.29 is 9.13 Å². The summed E-state index contributed by atoms with van der Waals surface area (Å²) in [6.45, 7) is 4.64. The summed E-state index contributed by atoms with van der Waals surface area (Å²) in [6, 6.07) is 10.5. The number of pyridine rings is 1. The van der Waals surface area contributed by atoms with Crippen molar-refractivity contribution in [1.29, 1.82) is 0 Å². The number of hydrogen-bond acceptors (Lipinski definition) is 5. The highest BCUT2D eigenvalue weighted by Crippen LogP contribution is 2.30. The highest BCUT2D eigenvalue weighted by molar-refractivity contribution is 5.98. The molecule has 0 radical (unpaired) electrons. The second kappa shape index (κ2) is 8.13. The SMILES string of the molecule is Nc1c(-c2nc3cc(CCCN4CCOCC4)ccc3[nH]2)c(=O)[nH]c2cccc(F)c12. The Morgan fingerprint density at radius 2 is 1.97 bits per heavy atom. The number of nitrogens with zero attached hydrogens (tertiary/aromatic N) is 2. The van der Waals surface area contributed by atoms with Crippen molar-refractivity contribution in [2.75, 3.05) is 38.6 Å². The van der Waals surface area contributed by atoms with E-state index in [-0.39, 0.29) is 16.6 Å². The van der Waals surface area contributed by atoms with Gasteiger partial charge in [0.1, 0.15) is 17.2 Å². The Morgan fingerprint density at radius 1 is 1.13 bits per heavy atom. The van der Waals surface area contributed by atoms with Crippen molar-refractivity contribution >= 4 is 27.6 Å². The normalized spacial score (nSPS) is 15.1. The summed E-state index contributed by atoms with van der Waals surface area (Å²) in [5.74, 6) is -0.143. The molecular formula is C23H24FN5O2. The van der Waals surface area contributed by atoms with Gasteiger partial charge in [0.05, 0.1) is 40.8 Å². The van der Waals surface area contributed by atoms with Crippen LogP contribution in [0, 0.1) is 5.82 Å². The first kappa shape index (κ1) is 19.7. The molecule has 160 valence electrons. The number of imidazole rings is 1. The molecule has 4 N–H and O–H groups in total. The summed E-state index contributed by atoms with van der Waals surface area (Å²) in [5.41, 5.74) is 9.16. The van der Waals surface area contributed by atoms with Gasteiger partial charge in [-0.25, -0.2) is 9.37 Å². The fourth-order valence-electron chi connectivity index (χ4n) is 4.23. The lowest BCUT2D eigenvalue weighted by molar-refractivity contribution is 0.0375. The molecule has 0 spiro atoms. The Labute approximate surface area is 178 Å². The molecule has 7 nitrogen and oxygen atoms in total. The Morgan fingerprint density at radius 3 is 2.81 bits per heavy atom. The van der Waals surface area contributed by atoms with E-state index in [2.05, 4.69) is 25.9 Å². The number of H-pyrrole nitrogens is 2. The standard InChI is InChI=1S/C23H24FN5O2/c24-15-4-1-5-17-19(15)21(25)20(23(30)28-17)22-26-16-7-6-14(13-18(16)27-22)3-2-8-29-9-11-31-12-10-29/h1,4-7,13H,2-3,8-12H2,(H,26,27)(H3,25,28,30). The molecule has 1 saturated heterocycles. The third-order valence-corrected chi connectivity index (χ3v) is 5.86. The third-order valence-electron chi connectivity index (χ3n) is 5.86. The Hall–Kier alpha value is -3.23. The van der Waals surface area contributed by atoms with E-state index >= 15 is 0 Å². The van der Waals surface area contributed by atoms with Gasteiger partial charge in [-0.05, 0) is 49.2 Å². The fraction of sp³-hybridized carbons (Fsp3) is 0.304. The van der Waals surface area contributed by atoms with E-state index < -0.39 is 11.4 Å². The predicted octanol–water partition coefficient (Wildman–Crippen LogP) is 3.06. The minimum atomic E-state index is -0.480. The highest BCUT2D eigenvalue weighted by Gasteiger charge is 2.18. The van der Waals surface area contributed by atoms with Crippen LogP contribution in [0.25, 0.3) is 33.3 Å². The molecule has 0 saturated carbocycles. The average Bonchev–Trinajstić information content (AvgIpc) is 3.17. The van der Waals surface area contributed by atoms with Crippen LogP contribution in [-0.2, 0) is 11.2 Å². The first-order valence-electron chi connectivity index (χ1n) is 10.5. The van der Waals surface area contributed by atoms with Crippen LogP contribution >= 0.6 is 0 Å². The number of anilines is 1. The molecule has 0 unspecified atom stereocenters. The van der Waals surface area contributed by atoms with E-state index in [4.69, 9.17) is 10.5 Å². The van der Waals surface area contributed by atoms with Crippen molar-refractivity contribution in [1.82, 2.24) is 19.9 Å². The molecule has 5 rings (SSSR count). The monoisotopic (exact) mass is 421 g/mol. The number of ether oxygens (including phenoxy) is 1. The van der Waals surface area contributed by atoms with E-state index in [1.54, 1.807) is 6.07 Å². The number of nitrogens with two attached hydrogens (primary N) is 1. The summed E-state index contributed by atoms with van der Waals surface area (Å²) < 4.78 is 19.7. The summed E-state index contributed by atoms with van der Waals surface area (Å²) in [4.78, 5) is 25.5. The number of nitrogens with one attached hydrogen (secondary N) is 2. The van der Waals surface area contributed by atoms with Crippen LogP contribution < -0.4 is 11.3 Å². The summed E-state index contributed by atoms with van der Waals surface area (Å²) in [7, 11) is 0. The smallest absolute Gasteiger partial charge is 0.261 e. The fourth-order valence-corrected chi connectivity index (χ4v) is 4.23. The molecule has 3 heterocycles. The third kappa shape index (κ3) is 3.80. The van der Waals surface area contributed by atoms with Crippen molar-refractivity contribution in [3.05, 3.63) is 58.1 Å². The van der Waals surface area contributed by atoms with Crippen LogP contribution in [0.15, 0.2) is 41.2 Å². The zero-order chi connectivity index (χ0) is 21.4. The molecule has 8 heteroatoms. The van der Waals surface area contributed by atoms with Gasteiger partial charge in [-0.3, -0.25) is 9.69 Å². The van der Waals surface area contributed by atoms with Crippen molar-refractivity contribution in [2.45, 2.75) is 12.8 Å². The van der Waals surface area contributed by atoms with Gasteiger partial charge in [0.25, 0.3) is 5.56 Å². The Balaban J connectivity index is 1.43. The quantitative estimate of drug-likeness (QED) is 0.460. The minimum absolute atomic E-state index is 0.0849. The second-order valence-corrected chi connectivity index (χ2v) is 7.90. The van der Waals surface area contributed by atoms with Crippen LogP contribution in [0.4, 0.5) is 10.1 Å². The lowest BCUT2D eigenvalue weighted by Gasteiger charge is -2.26. The average molecular weight is 421 g/mol. The lowest BCUT2D eigenvalue weighted by atomic mass is 10.1. The molecule has 31 heavy (non-hydrogen) atoms. The maximum absolute atomic E-state index is 14.3. The van der Waals surface area contributed by atoms with Gasteiger partial charge in [-0.1, -0.05) is 12.1 Å². The van der Waals surface area contributed by atoms with Crippen molar-refractivity contribution in [3.63, 3.8) is 0 Å². The number of morpholine rings is 1. The van der Waals surface area contributed by atoms with Crippen LogP contribution in [0.1, 0.15) is 12.0 Å². The number of aromatic nitrogens is 3. The number of hydrogen-bond donors (Lipinski definition) is 3. The number of nitrogen functional groups attached to an aromatic ring is 1. The minimum Gasteiger partial charge on any atom is -0.397 e. The van der Waals surface area contributed by atoms with Gasteiger partial charge in [-0.2, -0.15) is 0 Å². The number of rotatable bonds is 5. The number of aromatic amines is 2. The molecule has 0 amide bonds.